The molecule has 0 atom stereocenters. The van der Waals surface area contributed by atoms with E-state index in [1.165, 1.54) is 0 Å². The first-order valence-corrected chi connectivity index (χ1v) is 4.02. The van der Waals surface area contributed by atoms with Crippen molar-refractivity contribution in [2.45, 2.75) is 25.9 Å². The first-order chi connectivity index (χ1) is 5.54. The molecule has 1 radical (unpaired) electrons. The molecule has 1 aromatic rings. The molecule has 0 aliphatic heterocycles. The molecular formula is C10H14NO. The minimum Gasteiger partial charge on any atom is -0.384 e. The summed E-state index contributed by atoms with van der Waals surface area (Å²) in [4.78, 5) is 4.25. The normalized spacial score (nSPS) is 11.7. The van der Waals surface area contributed by atoms with Crippen LogP contribution in [0.5, 0.6) is 0 Å². The van der Waals surface area contributed by atoms with Crippen LogP contribution in [0, 0.1) is 6.92 Å². The Morgan fingerprint density at radius 1 is 1.50 bits per heavy atom. The zero-order chi connectivity index (χ0) is 9.19. The summed E-state index contributed by atoms with van der Waals surface area (Å²) in [5.74, 6) is 0. The molecule has 1 N–H and O–H groups in total. The Kier molecular flexibility index (Phi) is 2.48. The van der Waals surface area contributed by atoms with Crippen LogP contribution in [0.4, 0.5) is 0 Å². The number of hydrogen-bond acceptors (Lipinski definition) is 2. The maximum atomic E-state index is 9.63. The Labute approximate surface area is 73.3 Å². The molecule has 2 nitrogen and oxygen atoms in total. The lowest BCUT2D eigenvalue weighted by molar-refractivity contribution is 0.0736. The van der Waals surface area contributed by atoms with Crippen LogP contribution in [0.2, 0.25) is 0 Å². The van der Waals surface area contributed by atoms with Crippen molar-refractivity contribution < 1.29 is 5.11 Å². The number of rotatable bonds is 2. The van der Waals surface area contributed by atoms with Crippen molar-refractivity contribution in [1.82, 2.24) is 4.98 Å². The highest BCUT2D eigenvalue weighted by atomic mass is 16.3. The summed E-state index contributed by atoms with van der Waals surface area (Å²) in [7, 11) is 0. The van der Waals surface area contributed by atoms with E-state index in [9.17, 15) is 5.11 Å². The van der Waals surface area contributed by atoms with Gasteiger partial charge in [-0.15, -0.1) is 0 Å². The largest absolute Gasteiger partial charge is 0.384 e. The average Bonchev–Trinajstić information content (AvgIpc) is 2.03. The molecule has 0 aromatic carbocycles. The molecule has 1 aromatic heterocycles. The van der Waals surface area contributed by atoms with Gasteiger partial charge in [0.2, 0.25) is 0 Å². The summed E-state index contributed by atoms with van der Waals surface area (Å²) in [5, 5.41) is 9.63. The van der Waals surface area contributed by atoms with Gasteiger partial charge >= 0.3 is 0 Å². The van der Waals surface area contributed by atoms with Crippen LogP contribution in [-0.2, 0) is 12.0 Å². The van der Waals surface area contributed by atoms with Crippen molar-refractivity contribution in [3.05, 3.63) is 36.5 Å². The Bertz CT molecular complexity index is 263. The van der Waals surface area contributed by atoms with Gasteiger partial charge in [0.25, 0.3) is 0 Å². The van der Waals surface area contributed by atoms with Crippen molar-refractivity contribution in [3.8, 4) is 0 Å². The van der Waals surface area contributed by atoms with Gasteiger partial charge in [0, 0.05) is 5.69 Å². The predicted octanol–water partition coefficient (Wildman–Crippen LogP) is 1.69. The van der Waals surface area contributed by atoms with E-state index in [0.717, 1.165) is 5.69 Å². The molecule has 0 amide bonds. The molecule has 0 spiro atoms. The van der Waals surface area contributed by atoms with Gasteiger partial charge in [-0.3, -0.25) is 4.98 Å². The summed E-state index contributed by atoms with van der Waals surface area (Å²) in [6.07, 6.45) is 0.657. The van der Waals surface area contributed by atoms with E-state index in [1.807, 2.05) is 18.2 Å². The van der Waals surface area contributed by atoms with Gasteiger partial charge in [0.05, 0.1) is 5.69 Å². The second-order valence-corrected chi connectivity index (χ2v) is 3.32. The summed E-state index contributed by atoms with van der Waals surface area (Å²) >= 11 is 0. The maximum absolute atomic E-state index is 9.63. The third-order valence-corrected chi connectivity index (χ3v) is 1.69. The summed E-state index contributed by atoms with van der Waals surface area (Å²) in [6.45, 7) is 7.18. The van der Waals surface area contributed by atoms with Crippen LogP contribution in [0.3, 0.4) is 0 Å². The predicted molar refractivity (Wildman–Crippen MR) is 48.5 cm³/mol. The Morgan fingerprint density at radius 2 is 2.17 bits per heavy atom. The van der Waals surface area contributed by atoms with E-state index in [2.05, 4.69) is 11.9 Å². The fourth-order valence-electron chi connectivity index (χ4n) is 0.960. The molecule has 1 heterocycles. The van der Waals surface area contributed by atoms with Crippen molar-refractivity contribution in [2.24, 2.45) is 0 Å². The number of hydrogen-bond donors (Lipinski definition) is 1. The second-order valence-electron chi connectivity index (χ2n) is 3.32. The van der Waals surface area contributed by atoms with Crippen molar-refractivity contribution in [2.75, 3.05) is 0 Å². The molecule has 0 saturated heterocycles. The lowest BCUT2D eigenvalue weighted by Crippen LogP contribution is -2.17. The number of nitrogens with zero attached hydrogens (tertiary/aromatic N) is 1. The van der Waals surface area contributed by atoms with Crippen molar-refractivity contribution in [1.29, 1.82) is 0 Å². The smallest absolute Gasteiger partial charge is 0.101 e. The molecule has 65 valence electrons. The zero-order valence-corrected chi connectivity index (χ0v) is 7.54. The SMILES string of the molecule is [CH2]Cc1cccc(C(C)(C)O)n1. The van der Waals surface area contributed by atoms with E-state index in [1.54, 1.807) is 13.8 Å². The number of pyridine rings is 1. The van der Waals surface area contributed by atoms with Crippen LogP contribution in [-0.4, -0.2) is 10.1 Å². The molecule has 1 rings (SSSR count). The first kappa shape index (κ1) is 9.20. The van der Waals surface area contributed by atoms with Crippen LogP contribution in [0.25, 0.3) is 0 Å². The maximum Gasteiger partial charge on any atom is 0.101 e. The van der Waals surface area contributed by atoms with Crippen molar-refractivity contribution >= 4 is 0 Å². The number of aliphatic hydroxyl groups is 1. The van der Waals surface area contributed by atoms with E-state index >= 15 is 0 Å². The summed E-state index contributed by atoms with van der Waals surface area (Å²) < 4.78 is 0. The fourth-order valence-corrected chi connectivity index (χ4v) is 0.960. The molecule has 0 unspecified atom stereocenters. The minimum absolute atomic E-state index is 0.657. The van der Waals surface area contributed by atoms with Gasteiger partial charge in [0.15, 0.2) is 0 Å². The quantitative estimate of drug-likeness (QED) is 0.721. The minimum atomic E-state index is -0.856. The van der Waals surface area contributed by atoms with Gasteiger partial charge < -0.3 is 5.11 Å². The van der Waals surface area contributed by atoms with E-state index in [-0.39, 0.29) is 0 Å². The average molecular weight is 164 g/mol. The highest BCUT2D eigenvalue weighted by molar-refractivity contribution is 5.16. The van der Waals surface area contributed by atoms with E-state index in [4.69, 9.17) is 0 Å². The first-order valence-electron chi connectivity index (χ1n) is 4.02. The molecular weight excluding hydrogens is 150 g/mol. The van der Waals surface area contributed by atoms with Crippen LogP contribution in [0.15, 0.2) is 18.2 Å². The second kappa shape index (κ2) is 3.23. The molecule has 0 saturated carbocycles. The standard InChI is InChI=1S/C10H14NO/c1-4-8-6-5-7-9(11-8)10(2,3)12/h5-7,12H,1,4H2,2-3H3. The van der Waals surface area contributed by atoms with Crippen LogP contribution < -0.4 is 0 Å². The van der Waals surface area contributed by atoms with Crippen LogP contribution >= 0.6 is 0 Å². The lowest BCUT2D eigenvalue weighted by Gasteiger charge is -2.16. The molecule has 0 fully saturated rings. The summed E-state index contributed by atoms with van der Waals surface area (Å²) in [6, 6.07) is 5.61. The molecule has 0 aliphatic rings. The van der Waals surface area contributed by atoms with E-state index in [0.29, 0.717) is 12.1 Å². The van der Waals surface area contributed by atoms with Crippen LogP contribution in [0.1, 0.15) is 25.2 Å². The Morgan fingerprint density at radius 3 is 2.67 bits per heavy atom. The van der Waals surface area contributed by atoms with Gasteiger partial charge in [-0.05, 0) is 39.3 Å². The fraction of sp³-hybridized carbons (Fsp3) is 0.400. The van der Waals surface area contributed by atoms with Gasteiger partial charge in [-0.2, -0.15) is 0 Å². The van der Waals surface area contributed by atoms with Gasteiger partial charge in [0.1, 0.15) is 5.60 Å². The monoisotopic (exact) mass is 164 g/mol. The Hall–Kier alpha value is -0.890. The highest BCUT2D eigenvalue weighted by Gasteiger charge is 2.17. The third kappa shape index (κ3) is 2.05. The van der Waals surface area contributed by atoms with Crippen molar-refractivity contribution in [3.63, 3.8) is 0 Å². The molecule has 0 bridgehead atoms. The Balaban J connectivity index is 3.02. The topological polar surface area (TPSA) is 33.1 Å². The van der Waals surface area contributed by atoms with E-state index < -0.39 is 5.60 Å². The van der Waals surface area contributed by atoms with Gasteiger partial charge in [-0.1, -0.05) is 6.07 Å². The molecule has 12 heavy (non-hydrogen) atoms. The molecule has 2 heteroatoms. The lowest BCUT2D eigenvalue weighted by atomic mass is 10.0. The highest BCUT2D eigenvalue weighted by Crippen LogP contribution is 2.16. The van der Waals surface area contributed by atoms with Gasteiger partial charge in [-0.25, -0.2) is 0 Å². The third-order valence-electron chi connectivity index (χ3n) is 1.69. The zero-order valence-electron chi connectivity index (χ0n) is 7.54. The number of aromatic nitrogens is 1. The summed E-state index contributed by atoms with van der Waals surface area (Å²) in [5.41, 5.74) is 0.754. The molecule has 0 aliphatic carbocycles.